The average molecular weight is 695 g/mol. The van der Waals surface area contributed by atoms with Gasteiger partial charge in [0.2, 0.25) is 0 Å². The number of benzene rings is 8. The van der Waals surface area contributed by atoms with Gasteiger partial charge >= 0.3 is 0 Å². The van der Waals surface area contributed by atoms with Crippen molar-refractivity contribution in [2.24, 2.45) is 0 Å². The molecule has 0 unspecified atom stereocenters. The van der Waals surface area contributed by atoms with E-state index >= 15 is 0 Å². The van der Waals surface area contributed by atoms with Crippen LogP contribution in [0.2, 0.25) is 0 Å². The quantitative estimate of drug-likeness (QED) is 0.177. The molecule has 0 aromatic heterocycles. The van der Waals surface area contributed by atoms with E-state index in [2.05, 4.69) is 219 Å². The standard InChI is InChI=1S/C52H42N2/c1-51(2)44-24-13-14-25-48(44)54-49-29-28-43(34-45(49)52(3,4)47-33-40(32-46(51)50(47)54)35-16-7-5-8-17-35)53(41-21-9-6-10-22-41)42-23-15-20-38(31-42)39-27-26-36-18-11-12-19-37(36)30-39/h5-34H,1-4H3. The van der Waals surface area contributed by atoms with Gasteiger partial charge in [-0.2, -0.15) is 0 Å². The lowest BCUT2D eigenvalue weighted by Crippen LogP contribution is -2.38. The zero-order chi connectivity index (χ0) is 36.6. The lowest BCUT2D eigenvalue weighted by Gasteiger charge is -2.50. The fraction of sp³-hybridized carbons (Fsp3) is 0.115. The van der Waals surface area contributed by atoms with Gasteiger partial charge in [0.05, 0.1) is 17.1 Å². The van der Waals surface area contributed by atoms with E-state index in [1.54, 1.807) is 0 Å². The maximum absolute atomic E-state index is 2.55. The van der Waals surface area contributed by atoms with Gasteiger partial charge in [0.25, 0.3) is 0 Å². The Labute approximate surface area is 318 Å². The molecule has 0 bridgehead atoms. The van der Waals surface area contributed by atoms with Crippen molar-refractivity contribution in [3.8, 4) is 22.3 Å². The van der Waals surface area contributed by atoms with Crippen LogP contribution in [0.15, 0.2) is 182 Å². The fourth-order valence-electron chi connectivity index (χ4n) is 9.06. The highest BCUT2D eigenvalue weighted by molar-refractivity contribution is 5.96. The van der Waals surface area contributed by atoms with Crippen molar-refractivity contribution in [1.82, 2.24) is 0 Å². The minimum absolute atomic E-state index is 0.171. The van der Waals surface area contributed by atoms with Gasteiger partial charge in [-0.3, -0.25) is 0 Å². The summed E-state index contributed by atoms with van der Waals surface area (Å²) in [6.07, 6.45) is 0. The minimum atomic E-state index is -0.283. The van der Waals surface area contributed by atoms with E-state index in [1.807, 2.05) is 0 Å². The Bertz CT molecular complexity index is 2720. The largest absolute Gasteiger partial charge is 0.310 e. The second-order valence-electron chi connectivity index (χ2n) is 15.9. The third-order valence-corrected chi connectivity index (χ3v) is 12.0. The van der Waals surface area contributed by atoms with Crippen LogP contribution in [0.5, 0.6) is 0 Å². The van der Waals surface area contributed by atoms with Gasteiger partial charge in [0.15, 0.2) is 0 Å². The SMILES string of the molecule is CC1(C)c2ccccc2N2c3ccc(N(c4ccccc4)c4cccc(-c5ccc6ccccc6c5)c4)cc3C(C)(C)c3cc(-c4ccccc4)cc1c32. The number of fused-ring (bicyclic) bond motifs is 5. The van der Waals surface area contributed by atoms with Gasteiger partial charge in [-0.15, -0.1) is 0 Å². The zero-order valence-electron chi connectivity index (χ0n) is 31.2. The number of nitrogens with zero attached hydrogens (tertiary/aromatic N) is 2. The molecule has 8 aromatic rings. The molecule has 0 spiro atoms. The fourth-order valence-corrected chi connectivity index (χ4v) is 9.06. The molecule has 0 saturated heterocycles. The molecule has 0 amide bonds. The Morgan fingerprint density at radius 2 is 0.926 bits per heavy atom. The van der Waals surface area contributed by atoms with Gasteiger partial charge in [-0.25, -0.2) is 0 Å². The number of hydrogen-bond acceptors (Lipinski definition) is 2. The van der Waals surface area contributed by atoms with Crippen LogP contribution in [0, 0.1) is 0 Å². The molecule has 54 heavy (non-hydrogen) atoms. The van der Waals surface area contributed by atoms with Gasteiger partial charge in [0.1, 0.15) is 0 Å². The van der Waals surface area contributed by atoms with Crippen molar-refractivity contribution in [3.05, 3.63) is 204 Å². The van der Waals surface area contributed by atoms with Crippen LogP contribution in [0.25, 0.3) is 33.0 Å². The molecule has 0 N–H and O–H groups in total. The Balaban J connectivity index is 1.18. The van der Waals surface area contributed by atoms with E-state index in [-0.39, 0.29) is 10.8 Å². The highest BCUT2D eigenvalue weighted by atomic mass is 15.2. The molecule has 0 fully saturated rings. The molecule has 2 aliphatic rings. The number of rotatable bonds is 5. The summed E-state index contributed by atoms with van der Waals surface area (Å²) in [7, 11) is 0. The molecule has 0 saturated carbocycles. The van der Waals surface area contributed by atoms with Crippen LogP contribution < -0.4 is 9.80 Å². The van der Waals surface area contributed by atoms with Crippen LogP contribution in [0.1, 0.15) is 49.9 Å². The number of para-hydroxylation sites is 2. The first-order valence-electron chi connectivity index (χ1n) is 19.0. The summed E-state index contributed by atoms with van der Waals surface area (Å²) in [6.45, 7) is 9.61. The van der Waals surface area contributed by atoms with Crippen LogP contribution in [-0.2, 0) is 10.8 Å². The molecule has 2 heteroatoms. The van der Waals surface area contributed by atoms with Crippen molar-refractivity contribution in [2.75, 3.05) is 9.80 Å². The molecule has 2 aliphatic heterocycles. The smallest absolute Gasteiger partial charge is 0.0544 e. The van der Waals surface area contributed by atoms with Crippen LogP contribution >= 0.6 is 0 Å². The van der Waals surface area contributed by atoms with Gasteiger partial charge in [-0.1, -0.05) is 143 Å². The lowest BCUT2D eigenvalue weighted by atomic mass is 9.65. The monoisotopic (exact) mass is 694 g/mol. The molecule has 0 radical (unpaired) electrons. The van der Waals surface area contributed by atoms with Crippen molar-refractivity contribution >= 4 is 44.9 Å². The summed E-state index contributed by atoms with van der Waals surface area (Å²) in [6, 6.07) is 67.0. The van der Waals surface area contributed by atoms with E-state index in [1.165, 1.54) is 72.3 Å². The predicted octanol–water partition coefficient (Wildman–Crippen LogP) is 14.4. The normalized spacial score (nSPS) is 14.6. The topological polar surface area (TPSA) is 6.48 Å². The summed E-state index contributed by atoms with van der Waals surface area (Å²) in [5, 5.41) is 2.50. The number of hydrogen-bond donors (Lipinski definition) is 0. The van der Waals surface area contributed by atoms with E-state index in [4.69, 9.17) is 0 Å². The van der Waals surface area contributed by atoms with Gasteiger partial charge in [-0.05, 0) is 122 Å². The zero-order valence-corrected chi connectivity index (χ0v) is 31.2. The molecule has 2 nitrogen and oxygen atoms in total. The first-order chi connectivity index (χ1) is 26.3. The Hall–Kier alpha value is -6.38. The van der Waals surface area contributed by atoms with E-state index < -0.39 is 0 Å². The summed E-state index contributed by atoms with van der Waals surface area (Å²) in [5.74, 6) is 0. The Kier molecular flexibility index (Phi) is 7.22. The molecule has 0 aliphatic carbocycles. The van der Waals surface area contributed by atoms with Gasteiger partial charge in [0, 0.05) is 27.9 Å². The van der Waals surface area contributed by atoms with Crippen molar-refractivity contribution in [3.63, 3.8) is 0 Å². The highest BCUT2D eigenvalue weighted by Gasteiger charge is 2.46. The van der Waals surface area contributed by atoms with Crippen LogP contribution in [0.4, 0.5) is 34.1 Å². The summed E-state index contributed by atoms with van der Waals surface area (Å²) in [5.41, 5.74) is 17.1. The Morgan fingerprint density at radius 1 is 0.352 bits per heavy atom. The highest BCUT2D eigenvalue weighted by Crippen LogP contribution is 2.61. The molecular formula is C52H42N2. The van der Waals surface area contributed by atoms with E-state index in [0.717, 1.165) is 17.1 Å². The second kappa shape index (κ2) is 12.1. The van der Waals surface area contributed by atoms with Gasteiger partial charge < -0.3 is 9.80 Å². The van der Waals surface area contributed by atoms with Crippen molar-refractivity contribution in [1.29, 1.82) is 0 Å². The molecule has 260 valence electrons. The maximum Gasteiger partial charge on any atom is 0.0544 e. The molecular weight excluding hydrogens is 653 g/mol. The summed E-state index contributed by atoms with van der Waals surface area (Å²) in [4.78, 5) is 4.97. The second-order valence-corrected chi connectivity index (χ2v) is 15.9. The van der Waals surface area contributed by atoms with E-state index in [9.17, 15) is 0 Å². The van der Waals surface area contributed by atoms with E-state index in [0.29, 0.717) is 0 Å². The summed E-state index contributed by atoms with van der Waals surface area (Å²) < 4.78 is 0. The third kappa shape index (κ3) is 4.94. The minimum Gasteiger partial charge on any atom is -0.310 e. The Morgan fingerprint density at radius 3 is 1.70 bits per heavy atom. The first kappa shape index (κ1) is 32.3. The summed E-state index contributed by atoms with van der Waals surface area (Å²) >= 11 is 0. The van der Waals surface area contributed by atoms with Crippen LogP contribution in [0.3, 0.4) is 0 Å². The predicted molar refractivity (Wildman–Crippen MR) is 228 cm³/mol. The van der Waals surface area contributed by atoms with Crippen LogP contribution in [-0.4, -0.2) is 0 Å². The van der Waals surface area contributed by atoms with Crippen molar-refractivity contribution < 1.29 is 0 Å². The molecule has 10 rings (SSSR count). The third-order valence-electron chi connectivity index (χ3n) is 12.0. The molecule has 8 aromatic carbocycles. The maximum atomic E-state index is 2.55. The first-order valence-corrected chi connectivity index (χ1v) is 19.0. The molecule has 2 heterocycles. The number of anilines is 6. The van der Waals surface area contributed by atoms with Crippen molar-refractivity contribution in [2.45, 2.75) is 38.5 Å². The molecule has 0 atom stereocenters. The average Bonchev–Trinajstić information content (AvgIpc) is 3.21. The lowest BCUT2D eigenvalue weighted by molar-refractivity contribution is 0.598.